The van der Waals surface area contributed by atoms with Crippen LogP contribution in [0.4, 0.5) is 28.9 Å². The molecule has 32 heavy (non-hydrogen) atoms. The molecule has 0 atom stereocenters. The molecule has 1 aromatic heterocycles. The van der Waals surface area contributed by atoms with Gasteiger partial charge in [0.2, 0.25) is 5.88 Å². The quantitative estimate of drug-likeness (QED) is 0.500. The molecule has 4 rings (SSSR count). The molecule has 0 amide bonds. The van der Waals surface area contributed by atoms with E-state index in [9.17, 15) is 17.6 Å². The van der Waals surface area contributed by atoms with Gasteiger partial charge in [0.25, 0.3) is 0 Å². The molecule has 0 aliphatic carbocycles. The number of ether oxygens (including phenoxy) is 1. The summed E-state index contributed by atoms with van der Waals surface area (Å²) in [5.74, 6) is -0.266. The largest absolute Gasteiger partial charge is 0.435 e. The molecule has 2 aromatic carbocycles. The summed E-state index contributed by atoms with van der Waals surface area (Å²) >= 11 is 0. The Bertz CT molecular complexity index is 1130. The van der Waals surface area contributed by atoms with Crippen molar-refractivity contribution in [2.75, 3.05) is 23.7 Å². The van der Waals surface area contributed by atoms with Gasteiger partial charge in [0.1, 0.15) is 23.0 Å². The van der Waals surface area contributed by atoms with E-state index in [1.165, 1.54) is 6.42 Å². The maximum absolute atomic E-state index is 14.6. The van der Waals surface area contributed by atoms with Crippen LogP contribution < -0.4 is 15.4 Å². The van der Waals surface area contributed by atoms with Gasteiger partial charge in [-0.1, -0.05) is 12.1 Å². The third kappa shape index (κ3) is 4.46. The lowest BCUT2D eigenvalue weighted by atomic mass is 10.1. The minimum absolute atomic E-state index is 0.0193. The van der Waals surface area contributed by atoms with E-state index in [1.807, 2.05) is 18.2 Å². The van der Waals surface area contributed by atoms with Crippen molar-refractivity contribution in [3.05, 3.63) is 59.7 Å². The Hall–Kier alpha value is -3.36. The van der Waals surface area contributed by atoms with Crippen LogP contribution in [-0.2, 0) is 6.18 Å². The zero-order chi connectivity index (χ0) is 22.9. The molecule has 1 aliphatic heterocycles. The summed E-state index contributed by atoms with van der Waals surface area (Å²) in [5.41, 5.74) is 5.78. The number of halogens is 4. The number of alkyl halides is 3. The molecule has 2 N–H and O–H groups in total. The topological polar surface area (TPSA) is 64.3 Å². The van der Waals surface area contributed by atoms with Gasteiger partial charge in [-0.05, 0) is 56.5 Å². The fourth-order valence-corrected chi connectivity index (χ4v) is 3.77. The fraction of sp³-hybridized carbons (Fsp3) is 0.304. The summed E-state index contributed by atoms with van der Waals surface area (Å²) in [6.45, 7) is 3.38. The summed E-state index contributed by atoms with van der Waals surface area (Å²) in [5, 5.41) is 0. The molecule has 0 bridgehead atoms. The van der Waals surface area contributed by atoms with Crippen LogP contribution >= 0.6 is 0 Å². The highest BCUT2D eigenvalue weighted by Gasteiger charge is 2.31. The minimum atomic E-state index is -4.65. The lowest BCUT2D eigenvalue weighted by Crippen LogP contribution is -2.29. The Morgan fingerprint density at radius 2 is 1.72 bits per heavy atom. The van der Waals surface area contributed by atoms with Crippen molar-refractivity contribution in [1.82, 2.24) is 9.97 Å². The van der Waals surface area contributed by atoms with Gasteiger partial charge in [-0.2, -0.15) is 18.2 Å². The van der Waals surface area contributed by atoms with Gasteiger partial charge in [0.15, 0.2) is 5.75 Å². The molecule has 3 aromatic rings. The van der Waals surface area contributed by atoms with Gasteiger partial charge in [-0.15, -0.1) is 0 Å². The molecular formula is C23H22F4N4O. The molecule has 0 radical (unpaired) electrons. The zero-order valence-corrected chi connectivity index (χ0v) is 17.4. The molecular weight excluding hydrogens is 424 g/mol. The maximum atomic E-state index is 14.6. The number of nitrogen functional groups attached to an aromatic ring is 1. The van der Waals surface area contributed by atoms with Gasteiger partial charge < -0.3 is 15.4 Å². The van der Waals surface area contributed by atoms with Crippen LogP contribution in [0.5, 0.6) is 11.6 Å². The molecule has 9 heteroatoms. The van der Waals surface area contributed by atoms with Gasteiger partial charge in [-0.3, -0.25) is 0 Å². The number of nitrogens with two attached hydrogens (primary N) is 1. The van der Waals surface area contributed by atoms with Crippen LogP contribution in [-0.4, -0.2) is 23.1 Å². The predicted octanol–water partition coefficient (Wildman–Crippen LogP) is 5.97. The van der Waals surface area contributed by atoms with E-state index in [2.05, 4.69) is 14.9 Å². The van der Waals surface area contributed by atoms with Crippen molar-refractivity contribution in [2.24, 2.45) is 0 Å². The van der Waals surface area contributed by atoms with Crippen LogP contribution in [0.15, 0.2) is 42.5 Å². The first-order valence-electron chi connectivity index (χ1n) is 10.3. The molecule has 2 heterocycles. The van der Waals surface area contributed by atoms with Crippen molar-refractivity contribution in [1.29, 1.82) is 0 Å². The number of piperidine rings is 1. The Balaban J connectivity index is 1.72. The number of aromatic nitrogens is 2. The second-order valence-electron chi connectivity index (χ2n) is 7.65. The number of rotatable bonds is 4. The molecule has 0 saturated carbocycles. The van der Waals surface area contributed by atoms with E-state index >= 15 is 0 Å². The number of nitrogens with zero attached hydrogens (tertiary/aromatic N) is 3. The van der Waals surface area contributed by atoms with Crippen LogP contribution in [0, 0.1) is 12.7 Å². The Morgan fingerprint density at radius 1 is 1.00 bits per heavy atom. The van der Waals surface area contributed by atoms with E-state index in [1.54, 1.807) is 13.0 Å². The first kappa shape index (κ1) is 21.9. The number of hydrogen-bond acceptors (Lipinski definition) is 5. The summed E-state index contributed by atoms with van der Waals surface area (Å²) in [6.07, 6.45) is -1.31. The molecule has 0 spiro atoms. The number of para-hydroxylation sites is 2. The van der Waals surface area contributed by atoms with E-state index in [0.29, 0.717) is 11.8 Å². The smallest absolute Gasteiger partial charge is 0.416 e. The van der Waals surface area contributed by atoms with Gasteiger partial charge in [0.05, 0.1) is 11.3 Å². The van der Waals surface area contributed by atoms with Crippen LogP contribution in [0.1, 0.15) is 30.7 Å². The second kappa shape index (κ2) is 8.64. The highest BCUT2D eigenvalue weighted by atomic mass is 19.4. The van der Waals surface area contributed by atoms with Crippen LogP contribution in [0.3, 0.4) is 0 Å². The SMILES string of the molecule is Cc1nc(Oc2ccccc2N2CCCCC2)c(N)c(-c2ccc(C(F)(F)F)cc2F)n1. The predicted molar refractivity (Wildman–Crippen MR) is 114 cm³/mol. The van der Waals surface area contributed by atoms with Crippen molar-refractivity contribution in [3.63, 3.8) is 0 Å². The van der Waals surface area contributed by atoms with Gasteiger partial charge in [-0.25, -0.2) is 9.37 Å². The normalized spacial score (nSPS) is 14.5. The number of hydrogen-bond donors (Lipinski definition) is 1. The van der Waals surface area contributed by atoms with E-state index in [0.717, 1.165) is 43.8 Å². The zero-order valence-electron chi connectivity index (χ0n) is 17.4. The Kier molecular flexibility index (Phi) is 5.90. The summed E-state index contributed by atoms with van der Waals surface area (Å²) in [6, 6.07) is 9.71. The lowest BCUT2D eigenvalue weighted by molar-refractivity contribution is -0.137. The van der Waals surface area contributed by atoms with Gasteiger partial charge >= 0.3 is 6.18 Å². The molecule has 0 unspecified atom stereocenters. The monoisotopic (exact) mass is 446 g/mol. The van der Waals surface area contributed by atoms with E-state index < -0.39 is 17.6 Å². The number of anilines is 2. The third-order valence-electron chi connectivity index (χ3n) is 5.34. The maximum Gasteiger partial charge on any atom is 0.416 e. The number of aryl methyl sites for hydroxylation is 1. The molecule has 1 fully saturated rings. The number of benzene rings is 2. The average molecular weight is 446 g/mol. The average Bonchev–Trinajstić information content (AvgIpc) is 2.76. The highest BCUT2D eigenvalue weighted by molar-refractivity contribution is 5.77. The van der Waals surface area contributed by atoms with Crippen molar-refractivity contribution in [2.45, 2.75) is 32.4 Å². The molecule has 168 valence electrons. The third-order valence-corrected chi connectivity index (χ3v) is 5.34. The first-order chi connectivity index (χ1) is 15.2. The van der Waals surface area contributed by atoms with Crippen LogP contribution in [0.25, 0.3) is 11.3 Å². The molecule has 1 saturated heterocycles. The second-order valence-corrected chi connectivity index (χ2v) is 7.65. The summed E-state index contributed by atoms with van der Waals surface area (Å²) in [4.78, 5) is 10.6. The Morgan fingerprint density at radius 3 is 2.41 bits per heavy atom. The summed E-state index contributed by atoms with van der Waals surface area (Å²) in [7, 11) is 0. The lowest BCUT2D eigenvalue weighted by Gasteiger charge is -2.30. The standard InChI is InChI=1S/C23H22F4N4O/c1-14-29-21(16-10-9-15(13-17(16)24)23(25,26)27)20(28)22(30-14)32-19-8-4-3-7-18(19)31-11-5-2-6-12-31/h3-4,7-10,13H,2,5-6,11-12,28H2,1H3. The van der Waals surface area contributed by atoms with Crippen molar-refractivity contribution >= 4 is 11.4 Å². The van der Waals surface area contributed by atoms with Crippen LogP contribution in [0.2, 0.25) is 0 Å². The Labute approximate surface area is 182 Å². The molecule has 5 nitrogen and oxygen atoms in total. The van der Waals surface area contributed by atoms with Crippen molar-refractivity contribution < 1.29 is 22.3 Å². The summed E-state index contributed by atoms with van der Waals surface area (Å²) < 4.78 is 59.3. The van der Waals surface area contributed by atoms with Gasteiger partial charge in [0, 0.05) is 18.7 Å². The fourth-order valence-electron chi connectivity index (χ4n) is 3.77. The molecule has 1 aliphatic rings. The van der Waals surface area contributed by atoms with E-state index in [-0.39, 0.29) is 28.6 Å². The first-order valence-corrected chi connectivity index (χ1v) is 10.3. The van der Waals surface area contributed by atoms with E-state index in [4.69, 9.17) is 10.5 Å². The minimum Gasteiger partial charge on any atom is -0.435 e. The highest BCUT2D eigenvalue weighted by Crippen LogP contribution is 2.39. The van der Waals surface area contributed by atoms with Crippen molar-refractivity contribution in [3.8, 4) is 22.9 Å².